The second-order valence-corrected chi connectivity index (χ2v) is 7.06. The van der Waals surface area contributed by atoms with Crippen LogP contribution in [0.3, 0.4) is 0 Å². The molecule has 2 N–H and O–H groups in total. The molecule has 0 radical (unpaired) electrons. The van der Waals surface area contributed by atoms with Crippen molar-refractivity contribution in [2.75, 3.05) is 19.8 Å². The van der Waals surface area contributed by atoms with Crippen LogP contribution in [0.5, 0.6) is 0 Å². The van der Waals surface area contributed by atoms with E-state index in [4.69, 9.17) is 9.47 Å². The minimum atomic E-state index is -1.93. The van der Waals surface area contributed by atoms with Crippen LogP contribution in [-0.4, -0.2) is 49.1 Å². The van der Waals surface area contributed by atoms with Gasteiger partial charge in [-0.2, -0.15) is 0 Å². The third kappa shape index (κ3) is 7.85. The number of carbonyl (C=O) groups is 4. The van der Waals surface area contributed by atoms with Gasteiger partial charge in [-0.1, -0.05) is 30.3 Å². The highest BCUT2D eigenvalue weighted by atomic mass is 16.6. The first-order valence-electron chi connectivity index (χ1n) is 10.2. The zero-order valence-corrected chi connectivity index (χ0v) is 18.2. The number of rotatable bonds is 12. The Balaban J connectivity index is 3.13. The third-order valence-electron chi connectivity index (χ3n) is 4.57. The van der Waals surface area contributed by atoms with E-state index < -0.39 is 23.4 Å². The van der Waals surface area contributed by atoms with E-state index in [0.29, 0.717) is 19.4 Å². The number of esters is 2. The van der Waals surface area contributed by atoms with Crippen LogP contribution in [-0.2, 0) is 35.1 Å². The quantitative estimate of drug-likeness (QED) is 0.394. The Bertz CT molecular complexity index is 702. The molecule has 30 heavy (non-hydrogen) atoms. The molecule has 0 fully saturated rings. The minimum Gasteiger partial charge on any atom is -0.464 e. The molecule has 166 valence electrons. The van der Waals surface area contributed by atoms with Crippen molar-refractivity contribution in [3.8, 4) is 0 Å². The number of ether oxygens (including phenoxy) is 2. The predicted molar refractivity (Wildman–Crippen MR) is 111 cm³/mol. The molecule has 1 aromatic rings. The van der Waals surface area contributed by atoms with Gasteiger partial charge in [0.2, 0.25) is 17.4 Å². The fourth-order valence-electron chi connectivity index (χ4n) is 3.19. The summed E-state index contributed by atoms with van der Waals surface area (Å²) in [5.41, 5.74) is -0.867. The van der Waals surface area contributed by atoms with E-state index in [2.05, 4.69) is 10.6 Å². The van der Waals surface area contributed by atoms with Crippen LogP contribution in [0.1, 0.15) is 46.1 Å². The van der Waals surface area contributed by atoms with Crippen molar-refractivity contribution in [2.24, 2.45) is 5.92 Å². The van der Waals surface area contributed by atoms with Gasteiger partial charge in [-0.15, -0.1) is 0 Å². The van der Waals surface area contributed by atoms with Crippen molar-refractivity contribution in [1.82, 2.24) is 10.6 Å². The second-order valence-electron chi connectivity index (χ2n) is 7.06. The highest BCUT2D eigenvalue weighted by Crippen LogP contribution is 2.24. The van der Waals surface area contributed by atoms with Gasteiger partial charge < -0.3 is 20.1 Å². The highest BCUT2D eigenvalue weighted by Gasteiger charge is 2.49. The zero-order valence-electron chi connectivity index (χ0n) is 18.2. The Morgan fingerprint density at radius 1 is 0.933 bits per heavy atom. The van der Waals surface area contributed by atoms with Crippen molar-refractivity contribution in [1.29, 1.82) is 0 Å². The fraction of sp³-hybridized carbons (Fsp3) is 0.545. The molecule has 0 aliphatic heterocycles. The van der Waals surface area contributed by atoms with E-state index in [-0.39, 0.29) is 31.5 Å². The van der Waals surface area contributed by atoms with E-state index >= 15 is 0 Å². The molecular formula is C22H32N2O6. The summed E-state index contributed by atoms with van der Waals surface area (Å²) in [6.07, 6.45) is 0.983. The number of amides is 2. The van der Waals surface area contributed by atoms with Crippen LogP contribution < -0.4 is 10.6 Å². The number of hydrogen-bond acceptors (Lipinski definition) is 6. The lowest BCUT2D eigenvalue weighted by Crippen LogP contribution is -2.61. The van der Waals surface area contributed by atoms with Crippen molar-refractivity contribution in [3.05, 3.63) is 35.9 Å². The molecule has 1 atom stereocenters. The normalized spacial score (nSPS) is 11.9. The molecule has 0 saturated heterocycles. The van der Waals surface area contributed by atoms with Gasteiger partial charge in [-0.3, -0.25) is 9.59 Å². The van der Waals surface area contributed by atoms with Crippen LogP contribution in [0.2, 0.25) is 0 Å². The second kappa shape index (κ2) is 12.6. The van der Waals surface area contributed by atoms with Crippen LogP contribution in [0.25, 0.3) is 0 Å². The predicted octanol–water partition coefficient (Wildman–Crippen LogP) is 1.76. The number of benzene rings is 1. The van der Waals surface area contributed by atoms with Crippen LogP contribution in [0, 0.1) is 5.92 Å². The van der Waals surface area contributed by atoms with Crippen LogP contribution in [0.15, 0.2) is 30.3 Å². The summed E-state index contributed by atoms with van der Waals surface area (Å²) in [5, 5.41) is 5.26. The van der Waals surface area contributed by atoms with Crippen molar-refractivity contribution >= 4 is 23.8 Å². The molecule has 8 nitrogen and oxygen atoms in total. The molecule has 0 bridgehead atoms. The molecule has 0 unspecified atom stereocenters. The molecule has 1 aromatic carbocycles. The maximum atomic E-state index is 12.7. The minimum absolute atomic E-state index is 0.0126. The Labute approximate surface area is 177 Å². The molecular weight excluding hydrogens is 388 g/mol. The van der Waals surface area contributed by atoms with Gasteiger partial charge in [0.1, 0.15) is 0 Å². The van der Waals surface area contributed by atoms with Gasteiger partial charge in [0.25, 0.3) is 0 Å². The summed E-state index contributed by atoms with van der Waals surface area (Å²) in [4.78, 5) is 48.8. The van der Waals surface area contributed by atoms with E-state index in [1.165, 1.54) is 13.8 Å². The number of nitrogens with one attached hydrogen (secondary N) is 2. The first-order valence-corrected chi connectivity index (χ1v) is 10.2. The van der Waals surface area contributed by atoms with Gasteiger partial charge in [0.15, 0.2) is 0 Å². The molecule has 0 aliphatic rings. The molecule has 8 heteroatoms. The average molecular weight is 421 g/mol. The Kier molecular flexibility index (Phi) is 10.6. The number of hydrogen-bond donors (Lipinski definition) is 2. The molecule has 1 rings (SSSR count). The molecule has 0 aromatic heterocycles. The lowest BCUT2D eigenvalue weighted by Gasteiger charge is -2.31. The standard InChI is InChI=1S/C22H32N2O6/c1-5-29-20(27)22(24-17(4)26,21(28)30-6-2)13-12-19(15-23-16(3)25)14-18-10-8-7-9-11-18/h7-11,19H,5-6,12-15H2,1-4H3,(H,23,25)(H,24,26)/t19-/m0/s1. The first kappa shape index (κ1) is 25.1. The van der Waals surface area contributed by atoms with Crippen molar-refractivity contribution in [3.63, 3.8) is 0 Å². The maximum absolute atomic E-state index is 12.7. The first-order chi connectivity index (χ1) is 14.2. The summed E-state index contributed by atoms with van der Waals surface area (Å²) in [7, 11) is 0. The monoisotopic (exact) mass is 420 g/mol. The molecule has 0 aliphatic carbocycles. The zero-order chi connectivity index (χ0) is 22.6. The highest BCUT2D eigenvalue weighted by molar-refractivity contribution is 6.07. The van der Waals surface area contributed by atoms with E-state index in [1.54, 1.807) is 13.8 Å². The molecule has 2 amide bonds. The van der Waals surface area contributed by atoms with Gasteiger partial charge in [0.05, 0.1) is 13.2 Å². The van der Waals surface area contributed by atoms with Gasteiger partial charge in [-0.05, 0) is 44.6 Å². The fourth-order valence-corrected chi connectivity index (χ4v) is 3.19. The number of carbonyl (C=O) groups excluding carboxylic acids is 4. The average Bonchev–Trinajstić information content (AvgIpc) is 2.69. The largest absolute Gasteiger partial charge is 0.464 e. The molecule has 0 heterocycles. The molecule has 0 spiro atoms. The summed E-state index contributed by atoms with van der Waals surface area (Å²) in [5.74, 6) is -2.49. The van der Waals surface area contributed by atoms with Gasteiger partial charge in [0, 0.05) is 20.4 Å². The lowest BCUT2D eigenvalue weighted by molar-refractivity contribution is -0.168. The van der Waals surface area contributed by atoms with Crippen LogP contribution in [0.4, 0.5) is 0 Å². The Morgan fingerprint density at radius 2 is 1.50 bits per heavy atom. The molecule has 0 saturated carbocycles. The van der Waals surface area contributed by atoms with E-state index in [0.717, 1.165) is 5.56 Å². The van der Waals surface area contributed by atoms with Gasteiger partial charge in [-0.25, -0.2) is 9.59 Å². The summed E-state index contributed by atoms with van der Waals surface area (Å²) in [6.45, 7) is 6.38. The van der Waals surface area contributed by atoms with Crippen molar-refractivity contribution in [2.45, 2.75) is 52.5 Å². The Hall–Kier alpha value is -2.90. The topological polar surface area (TPSA) is 111 Å². The Morgan fingerprint density at radius 3 is 1.97 bits per heavy atom. The smallest absolute Gasteiger partial charge is 0.343 e. The van der Waals surface area contributed by atoms with Crippen LogP contribution >= 0.6 is 0 Å². The van der Waals surface area contributed by atoms with E-state index in [9.17, 15) is 19.2 Å². The SMILES string of the molecule is CCOC(=O)C(CC[C@H](CNC(C)=O)Cc1ccccc1)(NC(C)=O)C(=O)OCC. The summed E-state index contributed by atoms with van der Waals surface area (Å²) in [6, 6.07) is 9.69. The van der Waals surface area contributed by atoms with Gasteiger partial charge >= 0.3 is 11.9 Å². The van der Waals surface area contributed by atoms with E-state index in [1.807, 2.05) is 30.3 Å². The summed E-state index contributed by atoms with van der Waals surface area (Å²) >= 11 is 0. The lowest BCUT2D eigenvalue weighted by atomic mass is 9.86. The maximum Gasteiger partial charge on any atom is 0.343 e. The third-order valence-corrected chi connectivity index (χ3v) is 4.57. The summed E-state index contributed by atoms with van der Waals surface area (Å²) < 4.78 is 10.2. The van der Waals surface area contributed by atoms with Crippen molar-refractivity contribution < 1.29 is 28.7 Å².